The zero-order valence-corrected chi connectivity index (χ0v) is 21.2. The van der Waals surface area contributed by atoms with Crippen LogP contribution < -0.4 is 20.3 Å². The summed E-state index contributed by atoms with van der Waals surface area (Å²) in [4.78, 5) is 20.4. The molecular weight excluding hydrogens is 440 g/mol. The Morgan fingerprint density at radius 3 is 2.60 bits per heavy atom. The van der Waals surface area contributed by atoms with Crippen LogP contribution in [0.15, 0.2) is 43.0 Å². The van der Waals surface area contributed by atoms with Crippen molar-refractivity contribution in [3.8, 4) is 5.75 Å². The highest BCUT2D eigenvalue weighted by Gasteiger charge is 2.44. The number of aliphatic hydroxyl groups excluding tert-OH is 1. The summed E-state index contributed by atoms with van der Waals surface area (Å²) in [6.45, 7) is 9.46. The van der Waals surface area contributed by atoms with E-state index in [1.807, 2.05) is 32.1 Å². The summed E-state index contributed by atoms with van der Waals surface area (Å²) in [5.41, 5.74) is 2.83. The molecule has 0 radical (unpaired) electrons. The smallest absolute Gasteiger partial charge is 0.258 e. The third-order valence-corrected chi connectivity index (χ3v) is 7.24. The van der Waals surface area contributed by atoms with Gasteiger partial charge in [-0.1, -0.05) is 12.1 Å². The molecule has 2 aromatic rings. The number of pyridine rings is 1. The summed E-state index contributed by atoms with van der Waals surface area (Å²) < 4.78 is 5.41. The van der Waals surface area contributed by atoms with Gasteiger partial charge in [-0.25, -0.2) is 4.98 Å². The molecule has 35 heavy (non-hydrogen) atoms. The molecule has 2 fully saturated rings. The highest BCUT2D eigenvalue weighted by atomic mass is 16.5. The zero-order chi connectivity index (χ0) is 25.1. The van der Waals surface area contributed by atoms with Gasteiger partial charge in [-0.3, -0.25) is 4.79 Å². The summed E-state index contributed by atoms with van der Waals surface area (Å²) in [6.07, 6.45) is 8.83. The van der Waals surface area contributed by atoms with Crippen molar-refractivity contribution in [2.24, 2.45) is 5.41 Å². The highest BCUT2D eigenvalue weighted by Crippen LogP contribution is 2.54. The number of carbonyl (C=O) groups is 1. The summed E-state index contributed by atoms with van der Waals surface area (Å²) in [5.74, 6) is 1.24. The molecule has 1 aromatic heterocycles. The first kappa shape index (κ1) is 25.0. The number of nitrogens with one attached hydrogen (secondary N) is 2. The van der Waals surface area contributed by atoms with Crippen LogP contribution >= 0.6 is 0 Å². The van der Waals surface area contributed by atoms with Gasteiger partial charge in [-0.2, -0.15) is 0 Å². The largest absolute Gasteiger partial charge is 0.493 e. The number of anilines is 3. The number of carbonyl (C=O) groups excluding carboxylic acids is 1. The molecule has 2 heterocycles. The molecule has 0 atom stereocenters. The fourth-order valence-electron chi connectivity index (χ4n) is 4.67. The van der Waals surface area contributed by atoms with Crippen LogP contribution in [0.25, 0.3) is 0 Å². The molecule has 1 saturated heterocycles. The molecule has 1 aliphatic heterocycles. The number of rotatable bonds is 10. The summed E-state index contributed by atoms with van der Waals surface area (Å²) >= 11 is 0. The highest BCUT2D eigenvalue weighted by molar-refractivity contribution is 6.08. The van der Waals surface area contributed by atoms with Crippen LogP contribution in [0.5, 0.6) is 5.75 Å². The van der Waals surface area contributed by atoms with Crippen molar-refractivity contribution in [1.82, 2.24) is 4.98 Å². The van der Waals surface area contributed by atoms with Crippen molar-refractivity contribution in [2.45, 2.75) is 57.9 Å². The lowest BCUT2D eigenvalue weighted by molar-refractivity contribution is 0.102. The number of aromatic nitrogens is 1. The molecule has 7 heteroatoms. The molecule has 2 aliphatic rings. The number of aliphatic hydroxyl groups is 1. The SMILES string of the molecule is C=CCCc1ccc(C(=O)Nc2ccc(OC)c(NC(C)(C)CO)n2)c(N2CCC3(CC2)CC3)c1. The maximum absolute atomic E-state index is 13.5. The minimum Gasteiger partial charge on any atom is -0.493 e. The van der Waals surface area contributed by atoms with Gasteiger partial charge in [0.15, 0.2) is 11.6 Å². The monoisotopic (exact) mass is 478 g/mol. The van der Waals surface area contributed by atoms with Crippen molar-refractivity contribution in [2.75, 3.05) is 42.3 Å². The van der Waals surface area contributed by atoms with Crippen LogP contribution in [0.4, 0.5) is 17.3 Å². The maximum atomic E-state index is 13.5. The maximum Gasteiger partial charge on any atom is 0.258 e. The Hall–Kier alpha value is -3.06. The first-order chi connectivity index (χ1) is 16.8. The van der Waals surface area contributed by atoms with Gasteiger partial charge in [0.1, 0.15) is 5.82 Å². The number of nitrogens with zero attached hydrogens (tertiary/aromatic N) is 2. The Bertz CT molecular complexity index is 1070. The molecule has 1 amide bonds. The standard InChI is InChI=1S/C28H38N4O3/c1-5-6-7-20-8-9-21(22(18-20)32-16-14-28(12-13-28)15-17-32)26(34)30-24-11-10-23(35-4)25(29-24)31-27(2,3)19-33/h5,8-11,18,33H,1,6-7,12-17,19H2,2-4H3,(H2,29,30,31,34). The number of methoxy groups -OCH3 is 1. The van der Waals surface area contributed by atoms with Crippen molar-refractivity contribution >= 4 is 23.2 Å². The molecule has 1 aliphatic carbocycles. The van der Waals surface area contributed by atoms with E-state index in [-0.39, 0.29) is 12.5 Å². The summed E-state index contributed by atoms with van der Waals surface area (Å²) in [5, 5.41) is 15.8. The molecular formula is C28H38N4O3. The minimum absolute atomic E-state index is 0.0763. The molecule has 4 rings (SSSR count). The normalized spacial score (nSPS) is 16.6. The van der Waals surface area contributed by atoms with Crippen molar-refractivity contribution in [1.29, 1.82) is 0 Å². The molecule has 1 spiro atoms. The van der Waals surface area contributed by atoms with E-state index < -0.39 is 5.54 Å². The van der Waals surface area contributed by atoms with Crippen molar-refractivity contribution < 1.29 is 14.6 Å². The first-order valence-electron chi connectivity index (χ1n) is 12.5. The van der Waals surface area contributed by atoms with Gasteiger partial charge in [0, 0.05) is 18.8 Å². The van der Waals surface area contributed by atoms with Crippen LogP contribution in [0.1, 0.15) is 61.9 Å². The van der Waals surface area contributed by atoms with Crippen molar-refractivity contribution in [3.05, 3.63) is 54.1 Å². The summed E-state index contributed by atoms with van der Waals surface area (Å²) in [6, 6.07) is 9.62. The Kier molecular flexibility index (Phi) is 7.36. The topological polar surface area (TPSA) is 86.7 Å². The van der Waals surface area contributed by atoms with Crippen LogP contribution in [-0.2, 0) is 6.42 Å². The van der Waals surface area contributed by atoms with E-state index in [4.69, 9.17) is 4.74 Å². The number of benzene rings is 1. The predicted octanol–water partition coefficient (Wildman–Crippen LogP) is 5.02. The van der Waals surface area contributed by atoms with Crippen molar-refractivity contribution in [3.63, 3.8) is 0 Å². The number of piperidine rings is 1. The van der Waals surface area contributed by atoms with E-state index in [2.05, 4.69) is 33.2 Å². The molecule has 0 bridgehead atoms. The van der Waals surface area contributed by atoms with Gasteiger partial charge in [0.05, 0.1) is 24.8 Å². The van der Waals surface area contributed by atoms with Gasteiger partial charge < -0.3 is 25.4 Å². The van der Waals surface area contributed by atoms with Crippen LogP contribution in [0, 0.1) is 5.41 Å². The second kappa shape index (κ2) is 10.3. The predicted molar refractivity (Wildman–Crippen MR) is 142 cm³/mol. The van der Waals surface area contributed by atoms with E-state index in [1.54, 1.807) is 19.2 Å². The Labute approximate surface area is 208 Å². The third kappa shape index (κ3) is 5.96. The number of amides is 1. The van der Waals surface area contributed by atoms with E-state index in [0.29, 0.717) is 28.4 Å². The van der Waals surface area contributed by atoms with E-state index >= 15 is 0 Å². The second-order valence-corrected chi connectivity index (χ2v) is 10.5. The molecule has 1 saturated carbocycles. The lowest BCUT2D eigenvalue weighted by atomic mass is 9.92. The van der Waals surface area contributed by atoms with Crippen LogP contribution in [0.3, 0.4) is 0 Å². The third-order valence-electron chi connectivity index (χ3n) is 7.24. The van der Waals surface area contributed by atoms with Gasteiger partial charge >= 0.3 is 0 Å². The minimum atomic E-state index is -0.593. The van der Waals surface area contributed by atoms with Crippen LogP contribution in [0.2, 0.25) is 0 Å². The first-order valence-corrected chi connectivity index (χ1v) is 12.5. The van der Waals surface area contributed by atoms with Gasteiger partial charge in [-0.15, -0.1) is 6.58 Å². The Morgan fingerprint density at radius 1 is 1.23 bits per heavy atom. The second-order valence-electron chi connectivity index (χ2n) is 10.5. The quantitative estimate of drug-likeness (QED) is 0.416. The lowest BCUT2D eigenvalue weighted by Crippen LogP contribution is -2.36. The fraction of sp³-hybridized carbons (Fsp3) is 0.500. The number of hydrogen-bond acceptors (Lipinski definition) is 6. The number of hydrogen-bond donors (Lipinski definition) is 3. The van der Waals surface area contributed by atoms with E-state index in [1.165, 1.54) is 31.2 Å². The van der Waals surface area contributed by atoms with Crippen LogP contribution in [-0.4, -0.2) is 48.3 Å². The molecule has 188 valence electrons. The number of aryl methyl sites for hydroxylation is 1. The molecule has 1 aromatic carbocycles. The average molecular weight is 479 g/mol. The van der Waals surface area contributed by atoms with E-state index in [9.17, 15) is 9.90 Å². The van der Waals surface area contributed by atoms with E-state index in [0.717, 1.165) is 31.6 Å². The summed E-state index contributed by atoms with van der Waals surface area (Å²) in [7, 11) is 1.57. The lowest BCUT2D eigenvalue weighted by Gasteiger charge is -2.35. The molecule has 3 N–H and O–H groups in total. The molecule has 0 unspecified atom stereocenters. The van der Waals surface area contributed by atoms with Gasteiger partial charge in [-0.05, 0) is 87.6 Å². The fourth-order valence-corrected chi connectivity index (χ4v) is 4.67. The average Bonchev–Trinajstić information content (AvgIpc) is 3.61. The Balaban J connectivity index is 1.58. The molecule has 7 nitrogen and oxygen atoms in total. The number of ether oxygens (including phenoxy) is 1. The van der Waals surface area contributed by atoms with Gasteiger partial charge in [0.25, 0.3) is 5.91 Å². The zero-order valence-electron chi connectivity index (χ0n) is 21.2. The Morgan fingerprint density at radius 2 is 1.97 bits per heavy atom. The number of allylic oxidation sites excluding steroid dienone is 1. The van der Waals surface area contributed by atoms with Gasteiger partial charge in [0.2, 0.25) is 0 Å².